The minimum absolute atomic E-state index is 0.00629. The predicted molar refractivity (Wildman–Crippen MR) is 154 cm³/mol. The van der Waals surface area contributed by atoms with Crippen molar-refractivity contribution in [1.29, 1.82) is 0 Å². The summed E-state index contributed by atoms with van der Waals surface area (Å²) >= 11 is 1.59. The van der Waals surface area contributed by atoms with E-state index in [1.54, 1.807) is 35.7 Å². The molecule has 0 saturated carbocycles. The van der Waals surface area contributed by atoms with Crippen molar-refractivity contribution in [3.05, 3.63) is 50.5 Å². The summed E-state index contributed by atoms with van der Waals surface area (Å²) in [7, 11) is 0. The summed E-state index contributed by atoms with van der Waals surface area (Å²) in [6.07, 6.45) is 2.53. The number of non-ortho nitro benzene ring substituents is 1. The molecule has 4 aliphatic rings. The SMILES string of the molecule is C[C@@H](O)[C@H]1C(=O)N2C(C(=O)O)=C(SC3CCCN(CC4CCN(C(=O)OCc5ccc([N+](=O)[O-])cc5)CC4)C3)[C@H](C)[C@H]12. The number of thioether (sulfide) groups is 1. The van der Waals surface area contributed by atoms with E-state index in [1.165, 1.54) is 17.0 Å². The molecule has 5 atom stereocenters. The highest BCUT2D eigenvalue weighted by molar-refractivity contribution is 8.03. The molecular formula is C29H38N4O8S. The molecule has 3 saturated heterocycles. The Balaban J connectivity index is 1.09. The fourth-order valence-electron chi connectivity index (χ4n) is 6.75. The minimum Gasteiger partial charge on any atom is -0.477 e. The average molecular weight is 603 g/mol. The standard InChI is InChI=1S/C29H38N4O8S/c1-17-24-23(18(2)34)27(35)32(24)25(28(36)37)26(17)42-22-4-3-11-30(15-22)14-19-9-12-31(13-10-19)29(38)41-16-20-5-7-21(8-6-20)33(39)40/h5-8,17-19,22-24,34H,3-4,9-16H2,1-2H3,(H,36,37)/t17-,18-,22?,23-,24-/m1/s1. The van der Waals surface area contributed by atoms with Crippen LogP contribution in [0.4, 0.5) is 10.5 Å². The number of carboxylic acid groups (broad SMARTS) is 1. The number of carbonyl (C=O) groups excluding carboxylic acids is 2. The molecule has 1 aromatic carbocycles. The van der Waals surface area contributed by atoms with Gasteiger partial charge in [-0.05, 0) is 62.8 Å². The molecule has 1 aromatic rings. The van der Waals surface area contributed by atoms with Gasteiger partial charge in [0.15, 0.2) is 0 Å². The summed E-state index contributed by atoms with van der Waals surface area (Å²) in [6.45, 7) is 7.57. The van der Waals surface area contributed by atoms with Crippen LogP contribution in [0.1, 0.15) is 45.1 Å². The zero-order chi connectivity index (χ0) is 30.1. The van der Waals surface area contributed by atoms with E-state index in [9.17, 15) is 34.7 Å². The van der Waals surface area contributed by atoms with Gasteiger partial charge in [0.2, 0.25) is 5.91 Å². The van der Waals surface area contributed by atoms with E-state index < -0.39 is 22.9 Å². The number of benzene rings is 1. The van der Waals surface area contributed by atoms with E-state index in [0.717, 1.165) is 50.2 Å². The number of rotatable bonds is 9. The van der Waals surface area contributed by atoms with Crippen LogP contribution in [0.5, 0.6) is 0 Å². The van der Waals surface area contributed by atoms with E-state index >= 15 is 0 Å². The van der Waals surface area contributed by atoms with Crippen LogP contribution in [0.15, 0.2) is 34.9 Å². The second kappa shape index (κ2) is 12.6. The number of hydrogen-bond acceptors (Lipinski definition) is 9. The monoisotopic (exact) mass is 602 g/mol. The highest BCUT2D eigenvalue weighted by Crippen LogP contribution is 2.51. The molecule has 0 radical (unpaired) electrons. The average Bonchev–Trinajstić information content (AvgIpc) is 3.20. The molecule has 1 unspecified atom stereocenters. The van der Waals surface area contributed by atoms with Crippen molar-refractivity contribution in [3.63, 3.8) is 0 Å². The Morgan fingerprint density at radius 3 is 2.48 bits per heavy atom. The summed E-state index contributed by atoms with van der Waals surface area (Å²) in [5.74, 6) is -1.63. The third-order valence-corrected chi connectivity index (χ3v) is 10.5. The summed E-state index contributed by atoms with van der Waals surface area (Å²) in [5, 5.41) is 31.1. The number of nitrogens with zero attached hydrogens (tertiary/aromatic N) is 4. The number of nitro benzene ring substituents is 1. The van der Waals surface area contributed by atoms with Crippen LogP contribution >= 0.6 is 11.8 Å². The molecule has 12 nitrogen and oxygen atoms in total. The molecule has 2 amide bonds. The third-order valence-electron chi connectivity index (χ3n) is 8.97. The Morgan fingerprint density at radius 2 is 1.86 bits per heavy atom. The van der Waals surface area contributed by atoms with Crippen molar-refractivity contribution in [2.75, 3.05) is 32.7 Å². The molecule has 0 bridgehead atoms. The first-order valence-corrected chi connectivity index (χ1v) is 15.5. The van der Waals surface area contributed by atoms with Crippen LogP contribution in [-0.4, -0.2) is 97.9 Å². The Labute approximate surface area is 248 Å². The van der Waals surface area contributed by atoms with Crippen LogP contribution in [0.25, 0.3) is 0 Å². The lowest BCUT2D eigenvalue weighted by Gasteiger charge is -2.46. The molecule has 2 N–H and O–H groups in total. The molecule has 0 aromatic heterocycles. The van der Waals surface area contributed by atoms with Crippen molar-refractivity contribution in [3.8, 4) is 0 Å². The number of piperidine rings is 2. The summed E-state index contributed by atoms with van der Waals surface area (Å²) < 4.78 is 5.43. The van der Waals surface area contributed by atoms with Crippen LogP contribution in [0.2, 0.25) is 0 Å². The van der Waals surface area contributed by atoms with Gasteiger partial charge in [-0.2, -0.15) is 0 Å². The zero-order valence-corrected chi connectivity index (χ0v) is 24.7. The van der Waals surface area contributed by atoms with Crippen LogP contribution in [0, 0.1) is 27.9 Å². The molecule has 0 aliphatic carbocycles. The van der Waals surface area contributed by atoms with Gasteiger partial charge in [-0.3, -0.25) is 14.9 Å². The molecule has 5 rings (SSSR count). The Kier molecular flexibility index (Phi) is 9.09. The summed E-state index contributed by atoms with van der Waals surface area (Å²) in [6, 6.07) is 5.66. The number of amides is 2. The Hall–Kier alpha value is -3.16. The van der Waals surface area contributed by atoms with E-state index in [1.807, 2.05) is 6.92 Å². The first kappa shape index (κ1) is 30.3. The van der Waals surface area contributed by atoms with Gasteiger partial charge in [-0.25, -0.2) is 9.59 Å². The zero-order valence-electron chi connectivity index (χ0n) is 23.9. The number of carbonyl (C=O) groups is 3. The summed E-state index contributed by atoms with van der Waals surface area (Å²) in [5.41, 5.74) is 0.774. The van der Waals surface area contributed by atoms with E-state index in [0.29, 0.717) is 24.6 Å². The van der Waals surface area contributed by atoms with Crippen molar-refractivity contribution in [2.24, 2.45) is 17.8 Å². The number of ether oxygens (including phenoxy) is 1. The van der Waals surface area contributed by atoms with Gasteiger partial charge in [0.25, 0.3) is 5.69 Å². The second-order valence-corrected chi connectivity index (χ2v) is 13.2. The predicted octanol–water partition coefficient (Wildman–Crippen LogP) is 3.29. The molecule has 13 heteroatoms. The maximum atomic E-state index is 12.7. The molecule has 4 heterocycles. The quantitative estimate of drug-likeness (QED) is 0.244. The highest BCUT2D eigenvalue weighted by Gasteiger charge is 2.60. The molecule has 42 heavy (non-hydrogen) atoms. The highest BCUT2D eigenvalue weighted by atomic mass is 32.2. The Morgan fingerprint density at radius 1 is 1.17 bits per heavy atom. The number of β-lactam (4-membered cyclic amide) rings is 1. The number of aliphatic hydroxyl groups excluding tert-OH is 1. The fourth-order valence-corrected chi connectivity index (χ4v) is 8.33. The molecule has 228 valence electrons. The number of likely N-dealkylation sites (tertiary alicyclic amines) is 2. The van der Waals surface area contributed by atoms with Gasteiger partial charge >= 0.3 is 12.1 Å². The fraction of sp³-hybridized carbons (Fsp3) is 0.621. The second-order valence-electron chi connectivity index (χ2n) is 11.8. The first-order chi connectivity index (χ1) is 20.0. The van der Waals surface area contributed by atoms with Crippen molar-refractivity contribution < 1.29 is 34.3 Å². The maximum absolute atomic E-state index is 12.7. The maximum Gasteiger partial charge on any atom is 0.410 e. The number of hydrogen-bond donors (Lipinski definition) is 2. The number of aliphatic hydroxyl groups is 1. The van der Waals surface area contributed by atoms with Crippen molar-refractivity contribution in [2.45, 2.75) is 63.5 Å². The lowest BCUT2D eigenvalue weighted by molar-refractivity contribution is -0.384. The van der Waals surface area contributed by atoms with Gasteiger partial charge in [-0.1, -0.05) is 6.92 Å². The van der Waals surface area contributed by atoms with Crippen molar-refractivity contribution in [1.82, 2.24) is 14.7 Å². The number of carboxylic acids is 1. The first-order valence-electron chi connectivity index (χ1n) is 14.6. The van der Waals surface area contributed by atoms with Gasteiger partial charge in [0, 0.05) is 54.4 Å². The number of aliphatic carboxylic acids is 1. The van der Waals surface area contributed by atoms with Crippen molar-refractivity contribution >= 4 is 35.4 Å². The van der Waals surface area contributed by atoms with Crippen LogP contribution in [-0.2, 0) is 20.9 Å². The molecule has 0 spiro atoms. The lowest BCUT2D eigenvalue weighted by atomic mass is 9.79. The van der Waals surface area contributed by atoms with Gasteiger partial charge in [-0.15, -0.1) is 11.8 Å². The normalized spacial score (nSPS) is 27.5. The van der Waals surface area contributed by atoms with Crippen LogP contribution in [0.3, 0.4) is 0 Å². The third kappa shape index (κ3) is 6.13. The lowest BCUT2D eigenvalue weighted by Crippen LogP contribution is -2.63. The van der Waals surface area contributed by atoms with E-state index in [4.69, 9.17) is 4.74 Å². The van der Waals surface area contributed by atoms with E-state index in [2.05, 4.69) is 4.90 Å². The largest absolute Gasteiger partial charge is 0.477 e. The molecular weight excluding hydrogens is 564 g/mol. The molecule has 3 fully saturated rings. The van der Waals surface area contributed by atoms with Gasteiger partial charge in [0.1, 0.15) is 12.3 Å². The smallest absolute Gasteiger partial charge is 0.410 e. The number of nitro groups is 1. The minimum atomic E-state index is -1.09. The van der Waals surface area contributed by atoms with E-state index in [-0.39, 0.29) is 47.2 Å². The Bertz CT molecular complexity index is 1250. The van der Waals surface area contributed by atoms with Gasteiger partial charge < -0.3 is 29.6 Å². The number of fused-ring (bicyclic) bond motifs is 1. The summed E-state index contributed by atoms with van der Waals surface area (Å²) in [4.78, 5) is 54.0. The topological polar surface area (TPSA) is 154 Å². The van der Waals surface area contributed by atoms with Gasteiger partial charge in [0.05, 0.1) is 23.0 Å². The molecule has 4 aliphatic heterocycles. The van der Waals surface area contributed by atoms with Crippen LogP contribution < -0.4 is 0 Å².